The number of nitrogens with one attached hydrogen (secondary N) is 3. The Morgan fingerprint density at radius 2 is 1.81 bits per heavy atom. The van der Waals surface area contributed by atoms with E-state index in [1.54, 1.807) is 7.11 Å². The van der Waals surface area contributed by atoms with Gasteiger partial charge in [0.1, 0.15) is 5.75 Å². The minimum absolute atomic E-state index is 0.482. The number of rotatable bonds is 6. The van der Waals surface area contributed by atoms with Gasteiger partial charge < -0.3 is 30.6 Å². The topological polar surface area (TPSA) is 89.4 Å². The number of nitrogens with zero attached hydrogens (tertiary/aromatic N) is 4. The summed E-state index contributed by atoms with van der Waals surface area (Å²) in [5.41, 5.74) is 7.14. The van der Waals surface area contributed by atoms with Crippen LogP contribution >= 0.6 is 0 Å². The molecule has 1 fully saturated rings. The summed E-state index contributed by atoms with van der Waals surface area (Å²) < 4.78 is 5.73. The molecular formula is C28H33N7O. The Labute approximate surface area is 212 Å². The Balaban J connectivity index is 1.48. The fraction of sp³-hybridized carbons (Fsp3) is 0.321. The molecule has 0 unspecified atom stereocenters. The van der Waals surface area contributed by atoms with Crippen LogP contribution in [0.3, 0.4) is 0 Å². The van der Waals surface area contributed by atoms with Crippen molar-refractivity contribution in [3.8, 4) is 5.75 Å². The largest absolute Gasteiger partial charge is 0.494 e. The number of hydrogen-bond donors (Lipinski definition) is 3. The van der Waals surface area contributed by atoms with Gasteiger partial charge in [0.25, 0.3) is 0 Å². The average molecular weight is 484 g/mol. The number of anilines is 3. The van der Waals surface area contributed by atoms with Crippen molar-refractivity contribution < 1.29 is 4.74 Å². The van der Waals surface area contributed by atoms with Crippen LogP contribution in [0.1, 0.15) is 23.2 Å². The van der Waals surface area contributed by atoms with E-state index in [0.717, 1.165) is 77.8 Å². The van der Waals surface area contributed by atoms with Crippen molar-refractivity contribution in [3.05, 3.63) is 71.5 Å². The maximum Gasteiger partial charge on any atom is 0.227 e. The van der Waals surface area contributed by atoms with Crippen LogP contribution in [0.25, 0.3) is 11.3 Å². The third-order valence-corrected chi connectivity index (χ3v) is 6.91. The molecule has 3 N–H and O–H groups in total. The molecule has 1 aromatic heterocycles. The molecule has 3 aromatic rings. The molecule has 2 heterocycles. The highest BCUT2D eigenvalue weighted by molar-refractivity contribution is 6.29. The highest BCUT2D eigenvalue weighted by Crippen LogP contribution is 2.35. The van der Waals surface area contributed by atoms with Gasteiger partial charge in [-0.15, -0.1) is 0 Å². The maximum absolute atomic E-state index is 8.74. The first-order valence-corrected chi connectivity index (χ1v) is 12.4. The molecule has 0 amide bonds. The number of hydrogen-bond acceptors (Lipinski definition) is 8. The van der Waals surface area contributed by atoms with E-state index in [0.29, 0.717) is 18.1 Å². The highest BCUT2D eigenvalue weighted by atomic mass is 16.5. The SMILES string of the molecule is CN/C(=C1\C(=N)CCc2cnc(Nc3ccc(N4CCN(C)CC4)cc3OC)nc21)c1ccccc1. The molecular weight excluding hydrogens is 450 g/mol. The van der Waals surface area contributed by atoms with Crippen molar-refractivity contribution in [1.82, 2.24) is 20.2 Å². The van der Waals surface area contributed by atoms with Gasteiger partial charge in [0.05, 0.1) is 24.2 Å². The number of aryl methyl sites for hydroxylation is 1. The van der Waals surface area contributed by atoms with Crippen LogP contribution in [-0.2, 0) is 6.42 Å². The lowest BCUT2D eigenvalue weighted by molar-refractivity contribution is 0.312. The van der Waals surface area contributed by atoms with Crippen molar-refractivity contribution in [1.29, 1.82) is 5.41 Å². The molecule has 0 atom stereocenters. The fourth-order valence-corrected chi connectivity index (χ4v) is 4.85. The van der Waals surface area contributed by atoms with Crippen molar-refractivity contribution in [2.75, 3.05) is 57.6 Å². The van der Waals surface area contributed by atoms with Crippen LogP contribution < -0.4 is 20.3 Å². The molecule has 1 saturated heterocycles. The zero-order valence-corrected chi connectivity index (χ0v) is 21.1. The van der Waals surface area contributed by atoms with Crippen LogP contribution in [0, 0.1) is 5.41 Å². The summed E-state index contributed by atoms with van der Waals surface area (Å²) in [6.45, 7) is 4.09. The molecule has 2 aliphatic rings. The summed E-state index contributed by atoms with van der Waals surface area (Å²) in [4.78, 5) is 14.2. The number of benzene rings is 2. The predicted octanol–water partition coefficient (Wildman–Crippen LogP) is 4.03. The molecule has 8 heteroatoms. The lowest BCUT2D eigenvalue weighted by atomic mass is 9.87. The van der Waals surface area contributed by atoms with Gasteiger partial charge in [0.15, 0.2) is 0 Å². The number of aromatic nitrogens is 2. The third kappa shape index (κ3) is 4.77. The predicted molar refractivity (Wildman–Crippen MR) is 146 cm³/mol. The number of ether oxygens (including phenoxy) is 1. The van der Waals surface area contributed by atoms with Gasteiger partial charge in [-0.2, -0.15) is 0 Å². The van der Waals surface area contributed by atoms with Gasteiger partial charge in [-0.05, 0) is 43.1 Å². The molecule has 0 saturated carbocycles. The number of methoxy groups -OCH3 is 1. The smallest absolute Gasteiger partial charge is 0.227 e. The van der Waals surface area contributed by atoms with Gasteiger partial charge >= 0.3 is 0 Å². The first kappa shape index (κ1) is 23.8. The molecule has 0 radical (unpaired) electrons. The first-order chi connectivity index (χ1) is 17.6. The van der Waals surface area contributed by atoms with Gasteiger partial charge in [0.2, 0.25) is 5.95 Å². The van der Waals surface area contributed by atoms with E-state index in [9.17, 15) is 0 Å². The minimum Gasteiger partial charge on any atom is -0.494 e. The molecule has 186 valence electrons. The molecule has 5 rings (SSSR count). The second-order valence-electron chi connectivity index (χ2n) is 9.21. The highest BCUT2D eigenvalue weighted by Gasteiger charge is 2.25. The Bertz CT molecular complexity index is 1280. The number of allylic oxidation sites excluding steroid dienone is 1. The van der Waals surface area contributed by atoms with Crippen LogP contribution in [0.5, 0.6) is 5.75 Å². The van der Waals surface area contributed by atoms with E-state index >= 15 is 0 Å². The van der Waals surface area contributed by atoms with E-state index < -0.39 is 0 Å². The first-order valence-electron chi connectivity index (χ1n) is 12.4. The van der Waals surface area contributed by atoms with Gasteiger partial charge in [0, 0.05) is 62.5 Å². The second kappa shape index (κ2) is 10.4. The van der Waals surface area contributed by atoms with Crippen molar-refractivity contribution in [2.45, 2.75) is 12.8 Å². The fourth-order valence-electron chi connectivity index (χ4n) is 4.85. The molecule has 1 aliphatic heterocycles. The summed E-state index contributed by atoms with van der Waals surface area (Å²) in [6.07, 6.45) is 3.30. The maximum atomic E-state index is 8.74. The number of fused-ring (bicyclic) bond motifs is 1. The quantitative estimate of drug-likeness (QED) is 0.488. The Morgan fingerprint density at radius 1 is 1.03 bits per heavy atom. The molecule has 36 heavy (non-hydrogen) atoms. The molecule has 8 nitrogen and oxygen atoms in total. The van der Waals surface area contributed by atoms with E-state index in [2.05, 4.69) is 44.6 Å². The molecule has 0 spiro atoms. The van der Waals surface area contributed by atoms with Gasteiger partial charge in [-0.3, -0.25) is 0 Å². The Hall–Kier alpha value is -3.91. The van der Waals surface area contributed by atoms with E-state index in [4.69, 9.17) is 15.1 Å². The molecule has 0 bridgehead atoms. The van der Waals surface area contributed by atoms with E-state index in [-0.39, 0.29) is 0 Å². The van der Waals surface area contributed by atoms with Crippen LogP contribution in [0.4, 0.5) is 17.3 Å². The van der Waals surface area contributed by atoms with Crippen LogP contribution in [0.15, 0.2) is 54.7 Å². The van der Waals surface area contributed by atoms with Crippen molar-refractivity contribution >= 4 is 34.3 Å². The number of piperazine rings is 1. The monoisotopic (exact) mass is 483 g/mol. The van der Waals surface area contributed by atoms with Crippen molar-refractivity contribution in [2.24, 2.45) is 0 Å². The minimum atomic E-state index is 0.482. The average Bonchev–Trinajstić information content (AvgIpc) is 2.91. The second-order valence-corrected chi connectivity index (χ2v) is 9.21. The van der Waals surface area contributed by atoms with E-state index in [1.807, 2.05) is 49.6 Å². The van der Waals surface area contributed by atoms with Crippen LogP contribution in [-0.4, -0.2) is 68.0 Å². The summed E-state index contributed by atoms with van der Waals surface area (Å²) in [5.74, 6) is 1.23. The zero-order valence-electron chi connectivity index (χ0n) is 21.1. The van der Waals surface area contributed by atoms with Gasteiger partial charge in [-0.1, -0.05) is 30.3 Å². The lowest BCUT2D eigenvalue weighted by Crippen LogP contribution is -2.44. The Kier molecular flexibility index (Phi) is 6.86. The molecule has 2 aromatic carbocycles. The van der Waals surface area contributed by atoms with E-state index in [1.165, 1.54) is 0 Å². The number of likely N-dealkylation sites (N-methyl/N-ethyl adjacent to an activating group) is 1. The lowest BCUT2D eigenvalue weighted by Gasteiger charge is -2.34. The standard InChI is InChI=1S/C28H33N7O/c1-30-26(19-7-5-4-6-8-19)25-22(29)11-9-20-18-31-28(33-27(20)25)32-23-12-10-21(17-24(23)36-3)35-15-13-34(2)14-16-35/h4-8,10,12,17-18,29-30H,9,11,13-16H2,1-3H3,(H,31,32,33)/b26-25+,29-22?. The molecule has 1 aliphatic carbocycles. The summed E-state index contributed by atoms with van der Waals surface area (Å²) in [5, 5.41) is 15.4. The van der Waals surface area contributed by atoms with Gasteiger partial charge in [-0.25, -0.2) is 9.97 Å². The third-order valence-electron chi connectivity index (χ3n) is 6.91. The van der Waals surface area contributed by atoms with Crippen LogP contribution in [0.2, 0.25) is 0 Å². The summed E-state index contributed by atoms with van der Waals surface area (Å²) in [7, 11) is 5.73. The zero-order chi connectivity index (χ0) is 25.1. The van der Waals surface area contributed by atoms with Crippen molar-refractivity contribution in [3.63, 3.8) is 0 Å². The summed E-state index contributed by atoms with van der Waals surface area (Å²) in [6, 6.07) is 16.3. The normalized spacial score (nSPS) is 17.4. The Morgan fingerprint density at radius 3 is 2.53 bits per heavy atom. The summed E-state index contributed by atoms with van der Waals surface area (Å²) >= 11 is 0.